The summed E-state index contributed by atoms with van der Waals surface area (Å²) in [5.74, 6) is -0.295. The third kappa shape index (κ3) is 3.13. The second kappa shape index (κ2) is 4.53. The largest absolute Gasteiger partial charge is 0.326 e. The Morgan fingerprint density at radius 2 is 2.13 bits per heavy atom. The van der Waals surface area contributed by atoms with Crippen LogP contribution in [-0.2, 0) is 17.8 Å². The molecule has 2 nitrogen and oxygen atoms in total. The molecule has 0 fully saturated rings. The Hall–Kier alpha value is -1.22. The summed E-state index contributed by atoms with van der Waals surface area (Å²) in [4.78, 5) is 10.7. The maximum atomic E-state index is 13.4. The van der Waals surface area contributed by atoms with Gasteiger partial charge < -0.3 is 10.5 Å². The van der Waals surface area contributed by atoms with Crippen LogP contribution in [0.2, 0.25) is 0 Å². The Morgan fingerprint density at radius 3 is 2.60 bits per heavy atom. The summed E-state index contributed by atoms with van der Waals surface area (Å²) in [6.07, 6.45) is 1.43. The van der Waals surface area contributed by atoms with Crippen molar-refractivity contribution in [1.82, 2.24) is 0 Å². The van der Waals surface area contributed by atoms with Crippen molar-refractivity contribution in [3.05, 3.63) is 35.1 Å². The fourth-order valence-corrected chi connectivity index (χ4v) is 1.43. The fourth-order valence-electron chi connectivity index (χ4n) is 1.43. The number of rotatable bonds is 4. The quantitative estimate of drug-likeness (QED) is 0.771. The third-order valence-corrected chi connectivity index (χ3v) is 2.32. The van der Waals surface area contributed by atoms with E-state index in [4.69, 9.17) is 5.73 Å². The average Bonchev–Trinajstić information content (AvgIpc) is 2.17. The standard InChI is InChI=1S/C12H16FNO/c1-12(2,8-15)6-9-3-4-10(7-14)11(13)5-9/h3-5,8H,6-7,14H2,1-2H3. The summed E-state index contributed by atoms with van der Waals surface area (Å²) >= 11 is 0. The number of hydrogen-bond donors (Lipinski definition) is 1. The van der Waals surface area contributed by atoms with E-state index in [1.54, 1.807) is 6.07 Å². The molecule has 1 aromatic rings. The molecule has 0 spiro atoms. The van der Waals surface area contributed by atoms with E-state index >= 15 is 0 Å². The van der Waals surface area contributed by atoms with E-state index in [1.807, 2.05) is 19.9 Å². The first-order valence-electron chi connectivity index (χ1n) is 4.92. The van der Waals surface area contributed by atoms with Gasteiger partial charge in [0, 0.05) is 17.5 Å². The summed E-state index contributed by atoms with van der Waals surface area (Å²) in [5, 5.41) is 0. The fraction of sp³-hybridized carbons (Fsp3) is 0.417. The average molecular weight is 209 g/mol. The predicted molar refractivity (Wildman–Crippen MR) is 57.8 cm³/mol. The van der Waals surface area contributed by atoms with Gasteiger partial charge in [-0.15, -0.1) is 0 Å². The number of benzene rings is 1. The molecule has 0 aliphatic carbocycles. The Labute approximate surface area is 89.3 Å². The lowest BCUT2D eigenvalue weighted by Crippen LogP contribution is -2.16. The highest BCUT2D eigenvalue weighted by atomic mass is 19.1. The molecule has 0 saturated heterocycles. The van der Waals surface area contributed by atoms with Crippen molar-refractivity contribution in [1.29, 1.82) is 0 Å². The second-order valence-electron chi connectivity index (χ2n) is 4.41. The van der Waals surface area contributed by atoms with Crippen LogP contribution in [0.25, 0.3) is 0 Å². The third-order valence-electron chi connectivity index (χ3n) is 2.32. The molecule has 0 aromatic heterocycles. The van der Waals surface area contributed by atoms with Crippen molar-refractivity contribution in [2.75, 3.05) is 0 Å². The first kappa shape index (κ1) is 11.9. The van der Waals surface area contributed by atoms with Gasteiger partial charge >= 0.3 is 0 Å². The van der Waals surface area contributed by atoms with Crippen LogP contribution >= 0.6 is 0 Å². The van der Waals surface area contributed by atoms with Gasteiger partial charge in [-0.3, -0.25) is 0 Å². The van der Waals surface area contributed by atoms with E-state index in [0.29, 0.717) is 12.0 Å². The zero-order valence-corrected chi connectivity index (χ0v) is 9.09. The summed E-state index contributed by atoms with van der Waals surface area (Å²) in [6, 6.07) is 4.94. The highest BCUT2D eigenvalue weighted by Gasteiger charge is 2.17. The molecule has 0 aliphatic rings. The van der Waals surface area contributed by atoms with Gasteiger partial charge in [0.2, 0.25) is 0 Å². The number of hydrogen-bond acceptors (Lipinski definition) is 2. The van der Waals surface area contributed by atoms with Gasteiger partial charge in [-0.25, -0.2) is 4.39 Å². The summed E-state index contributed by atoms with van der Waals surface area (Å²) in [7, 11) is 0. The number of carbonyl (C=O) groups excluding carboxylic acids is 1. The van der Waals surface area contributed by atoms with E-state index in [2.05, 4.69) is 0 Å². The molecule has 0 heterocycles. The van der Waals surface area contributed by atoms with Crippen LogP contribution in [0.1, 0.15) is 25.0 Å². The Kier molecular flexibility index (Phi) is 3.58. The van der Waals surface area contributed by atoms with Gasteiger partial charge in [-0.2, -0.15) is 0 Å². The van der Waals surface area contributed by atoms with Crippen LogP contribution in [0.4, 0.5) is 4.39 Å². The highest BCUT2D eigenvalue weighted by Crippen LogP contribution is 2.20. The minimum absolute atomic E-state index is 0.198. The van der Waals surface area contributed by atoms with Crippen molar-refractivity contribution in [3.63, 3.8) is 0 Å². The first-order chi connectivity index (χ1) is 6.98. The molecule has 0 bridgehead atoms. The van der Waals surface area contributed by atoms with Gasteiger partial charge in [0.05, 0.1) is 0 Å². The van der Waals surface area contributed by atoms with Gasteiger partial charge in [-0.1, -0.05) is 26.0 Å². The van der Waals surface area contributed by atoms with Crippen LogP contribution < -0.4 is 5.73 Å². The number of carbonyl (C=O) groups is 1. The van der Waals surface area contributed by atoms with Gasteiger partial charge in [0.1, 0.15) is 12.1 Å². The summed E-state index contributed by atoms with van der Waals surface area (Å²) in [6.45, 7) is 3.85. The van der Waals surface area contributed by atoms with E-state index in [9.17, 15) is 9.18 Å². The second-order valence-corrected chi connectivity index (χ2v) is 4.41. The Morgan fingerprint density at radius 1 is 1.47 bits per heavy atom. The zero-order chi connectivity index (χ0) is 11.5. The lowest BCUT2D eigenvalue weighted by atomic mass is 9.87. The van der Waals surface area contributed by atoms with Crippen molar-refractivity contribution in [3.8, 4) is 0 Å². The zero-order valence-electron chi connectivity index (χ0n) is 9.09. The monoisotopic (exact) mass is 209 g/mol. The molecule has 3 heteroatoms. The van der Waals surface area contributed by atoms with Crippen LogP contribution in [0.3, 0.4) is 0 Å². The molecule has 15 heavy (non-hydrogen) atoms. The van der Waals surface area contributed by atoms with Crippen LogP contribution in [-0.4, -0.2) is 6.29 Å². The summed E-state index contributed by atoms with van der Waals surface area (Å²) in [5.41, 5.74) is 6.23. The molecule has 1 aromatic carbocycles. The molecule has 0 radical (unpaired) electrons. The van der Waals surface area contributed by atoms with Crippen LogP contribution in [0, 0.1) is 11.2 Å². The molecule has 0 aliphatic heterocycles. The predicted octanol–water partition coefficient (Wildman–Crippen LogP) is 2.05. The molecule has 1 rings (SSSR count). The SMILES string of the molecule is CC(C)(C=O)Cc1ccc(CN)c(F)c1. The molecule has 82 valence electrons. The topological polar surface area (TPSA) is 43.1 Å². The van der Waals surface area contributed by atoms with Crippen molar-refractivity contribution in [2.24, 2.45) is 11.1 Å². The maximum absolute atomic E-state index is 13.4. The maximum Gasteiger partial charge on any atom is 0.127 e. The minimum atomic E-state index is -0.448. The minimum Gasteiger partial charge on any atom is -0.326 e. The lowest BCUT2D eigenvalue weighted by Gasteiger charge is -2.16. The molecular weight excluding hydrogens is 193 g/mol. The van der Waals surface area contributed by atoms with Gasteiger partial charge in [-0.05, 0) is 18.1 Å². The Balaban J connectivity index is 2.89. The first-order valence-corrected chi connectivity index (χ1v) is 4.92. The van der Waals surface area contributed by atoms with Crippen molar-refractivity contribution in [2.45, 2.75) is 26.8 Å². The number of halogens is 1. The molecule has 0 atom stereocenters. The molecule has 2 N–H and O–H groups in total. The molecule has 0 saturated carbocycles. The van der Waals surface area contributed by atoms with Crippen molar-refractivity contribution < 1.29 is 9.18 Å². The number of nitrogens with two attached hydrogens (primary N) is 1. The van der Waals surface area contributed by atoms with E-state index in [1.165, 1.54) is 6.07 Å². The van der Waals surface area contributed by atoms with Gasteiger partial charge in [0.15, 0.2) is 0 Å². The lowest BCUT2D eigenvalue weighted by molar-refractivity contribution is -0.114. The van der Waals surface area contributed by atoms with Crippen LogP contribution in [0.5, 0.6) is 0 Å². The molecular formula is C12H16FNO. The Bertz CT molecular complexity index is 361. The molecule has 0 unspecified atom stereocenters. The smallest absolute Gasteiger partial charge is 0.127 e. The number of aldehydes is 1. The highest BCUT2D eigenvalue weighted by molar-refractivity contribution is 5.58. The molecule has 0 amide bonds. The normalized spacial score (nSPS) is 11.5. The van der Waals surface area contributed by atoms with Gasteiger partial charge in [0.25, 0.3) is 0 Å². The van der Waals surface area contributed by atoms with E-state index in [-0.39, 0.29) is 12.4 Å². The van der Waals surface area contributed by atoms with Crippen molar-refractivity contribution >= 4 is 6.29 Å². The van der Waals surface area contributed by atoms with E-state index < -0.39 is 5.41 Å². The van der Waals surface area contributed by atoms with Crippen LogP contribution in [0.15, 0.2) is 18.2 Å². The van der Waals surface area contributed by atoms with E-state index in [0.717, 1.165) is 11.8 Å². The summed E-state index contributed by atoms with van der Waals surface area (Å²) < 4.78 is 13.4.